The molecule has 2 aliphatic heterocycles. The highest BCUT2D eigenvalue weighted by Crippen LogP contribution is 2.44. The van der Waals surface area contributed by atoms with Gasteiger partial charge in [0.15, 0.2) is 0 Å². The van der Waals surface area contributed by atoms with Crippen molar-refractivity contribution in [3.8, 4) is 0 Å². The van der Waals surface area contributed by atoms with E-state index in [1.807, 2.05) is 0 Å². The van der Waals surface area contributed by atoms with Gasteiger partial charge < -0.3 is 9.47 Å². The summed E-state index contributed by atoms with van der Waals surface area (Å²) in [6.45, 7) is 3.90. The molecule has 0 aromatic carbocycles. The van der Waals surface area contributed by atoms with E-state index in [0.717, 1.165) is 32.3 Å². The van der Waals surface area contributed by atoms with Gasteiger partial charge in [0.25, 0.3) is 0 Å². The van der Waals surface area contributed by atoms with Gasteiger partial charge in [0.05, 0.1) is 0 Å². The molecule has 0 bridgehead atoms. The molecule has 0 atom stereocenters. The zero-order valence-electron chi connectivity index (χ0n) is 8.64. The first-order valence-electron chi connectivity index (χ1n) is 5.59. The molecule has 0 unspecified atom stereocenters. The van der Waals surface area contributed by atoms with Crippen molar-refractivity contribution in [2.45, 2.75) is 25.7 Å². The number of alkyl halides is 1. The number of ether oxygens (including phenoxy) is 2. The Labute approximate surface area is 99.9 Å². The molecule has 2 heterocycles. The fourth-order valence-electron chi connectivity index (χ4n) is 2.74. The Kier molecular flexibility index (Phi) is 4.08. The first-order valence-corrected chi connectivity index (χ1v) is 7.11. The van der Waals surface area contributed by atoms with Gasteiger partial charge in [-0.2, -0.15) is 0 Å². The Hall–Kier alpha value is 0.650. The van der Waals surface area contributed by atoms with Crippen LogP contribution in [-0.2, 0) is 9.47 Å². The summed E-state index contributed by atoms with van der Waals surface area (Å²) in [6.07, 6.45) is 5.06. The Morgan fingerprint density at radius 1 is 1.00 bits per heavy atom. The quantitative estimate of drug-likeness (QED) is 0.577. The average molecular weight is 310 g/mol. The molecule has 0 aromatic heterocycles. The van der Waals surface area contributed by atoms with Crippen LogP contribution in [0.25, 0.3) is 0 Å². The number of halogens is 1. The number of hydrogen-bond acceptors (Lipinski definition) is 2. The van der Waals surface area contributed by atoms with E-state index < -0.39 is 0 Å². The van der Waals surface area contributed by atoms with Crippen LogP contribution in [0.5, 0.6) is 0 Å². The molecule has 0 aromatic rings. The van der Waals surface area contributed by atoms with Crippen molar-refractivity contribution in [2.75, 3.05) is 30.9 Å². The minimum absolute atomic E-state index is 0.572. The lowest BCUT2D eigenvalue weighted by molar-refractivity contribution is -0.0417. The second-order valence-corrected chi connectivity index (χ2v) is 5.26. The number of hydrogen-bond donors (Lipinski definition) is 0. The third kappa shape index (κ3) is 2.25. The summed E-state index contributed by atoms with van der Waals surface area (Å²) in [5, 5.41) is 0. The minimum atomic E-state index is 0.572. The maximum atomic E-state index is 5.48. The summed E-state index contributed by atoms with van der Waals surface area (Å²) in [5.74, 6) is 0.886. The second-order valence-electron chi connectivity index (χ2n) is 4.50. The van der Waals surface area contributed by atoms with E-state index in [-0.39, 0.29) is 0 Å². The molecule has 82 valence electrons. The summed E-state index contributed by atoms with van der Waals surface area (Å²) < 4.78 is 12.2. The van der Waals surface area contributed by atoms with Gasteiger partial charge in [-0.1, -0.05) is 22.6 Å². The summed E-state index contributed by atoms with van der Waals surface area (Å²) in [4.78, 5) is 0. The van der Waals surface area contributed by atoms with Crippen molar-refractivity contribution < 1.29 is 9.47 Å². The molecule has 2 nitrogen and oxygen atoms in total. The molecule has 2 fully saturated rings. The molecular formula is C11H19IO2. The maximum Gasteiger partial charge on any atom is 0.0471 e. The van der Waals surface area contributed by atoms with Crippen molar-refractivity contribution in [1.82, 2.24) is 0 Å². The molecule has 14 heavy (non-hydrogen) atoms. The van der Waals surface area contributed by atoms with Gasteiger partial charge in [0.2, 0.25) is 0 Å². The van der Waals surface area contributed by atoms with E-state index in [2.05, 4.69) is 22.6 Å². The lowest BCUT2D eigenvalue weighted by Crippen LogP contribution is -2.40. The molecule has 0 spiro atoms. The molecule has 3 heteroatoms. The molecule has 0 saturated carbocycles. The van der Waals surface area contributed by atoms with Gasteiger partial charge in [-0.25, -0.2) is 0 Å². The fraction of sp³-hybridized carbons (Fsp3) is 1.00. The number of rotatable bonds is 2. The van der Waals surface area contributed by atoms with E-state index in [0.29, 0.717) is 5.41 Å². The second kappa shape index (κ2) is 5.12. The largest absolute Gasteiger partial charge is 0.381 e. The monoisotopic (exact) mass is 310 g/mol. The lowest BCUT2D eigenvalue weighted by atomic mass is 9.68. The van der Waals surface area contributed by atoms with E-state index in [9.17, 15) is 0 Å². The van der Waals surface area contributed by atoms with Gasteiger partial charge in [-0.3, -0.25) is 0 Å². The Morgan fingerprint density at radius 2 is 1.57 bits per heavy atom. The van der Waals surface area contributed by atoms with Crippen LogP contribution in [0.15, 0.2) is 0 Å². The smallest absolute Gasteiger partial charge is 0.0471 e. The molecule has 2 aliphatic rings. The minimum Gasteiger partial charge on any atom is -0.381 e. The van der Waals surface area contributed by atoms with Crippen LogP contribution in [0.4, 0.5) is 0 Å². The summed E-state index contributed by atoms with van der Waals surface area (Å²) in [7, 11) is 0. The first-order chi connectivity index (χ1) is 6.87. The van der Waals surface area contributed by atoms with Crippen LogP contribution >= 0.6 is 22.6 Å². The standard InChI is InChI=1S/C11H19IO2/c12-9-11(3-7-14-8-4-11)10-1-5-13-6-2-10/h10H,1-9H2. The topological polar surface area (TPSA) is 18.5 Å². The van der Waals surface area contributed by atoms with E-state index >= 15 is 0 Å². The molecule has 0 N–H and O–H groups in total. The van der Waals surface area contributed by atoms with Crippen LogP contribution in [0, 0.1) is 11.3 Å². The Morgan fingerprint density at radius 3 is 2.14 bits per heavy atom. The maximum absolute atomic E-state index is 5.48. The summed E-state index contributed by atoms with van der Waals surface area (Å²) >= 11 is 2.57. The fourth-order valence-corrected chi connectivity index (χ4v) is 4.12. The Bertz CT molecular complexity index is 172. The van der Waals surface area contributed by atoms with Crippen LogP contribution < -0.4 is 0 Å². The van der Waals surface area contributed by atoms with Crippen LogP contribution in [0.3, 0.4) is 0 Å². The highest BCUT2D eigenvalue weighted by atomic mass is 127. The third-order valence-corrected chi connectivity index (χ3v) is 5.36. The lowest BCUT2D eigenvalue weighted by Gasteiger charge is -2.44. The first kappa shape index (κ1) is 11.1. The molecule has 0 amide bonds. The van der Waals surface area contributed by atoms with Gasteiger partial charge in [0, 0.05) is 30.9 Å². The predicted octanol–water partition coefficient (Wildman–Crippen LogP) is 2.64. The zero-order chi connectivity index (χ0) is 9.86. The molecular weight excluding hydrogens is 291 g/mol. The third-order valence-electron chi connectivity index (χ3n) is 3.84. The van der Waals surface area contributed by atoms with E-state index in [4.69, 9.17) is 9.47 Å². The van der Waals surface area contributed by atoms with Gasteiger partial charge in [-0.05, 0) is 37.0 Å². The zero-order valence-corrected chi connectivity index (χ0v) is 10.8. The van der Waals surface area contributed by atoms with Crippen molar-refractivity contribution in [1.29, 1.82) is 0 Å². The molecule has 0 radical (unpaired) electrons. The van der Waals surface area contributed by atoms with Crippen molar-refractivity contribution in [2.24, 2.45) is 11.3 Å². The molecule has 2 rings (SSSR count). The van der Waals surface area contributed by atoms with Gasteiger partial charge in [-0.15, -0.1) is 0 Å². The van der Waals surface area contributed by atoms with Gasteiger partial charge >= 0.3 is 0 Å². The highest BCUT2D eigenvalue weighted by molar-refractivity contribution is 14.1. The normalized spacial score (nSPS) is 28.9. The van der Waals surface area contributed by atoms with Crippen molar-refractivity contribution in [3.05, 3.63) is 0 Å². The van der Waals surface area contributed by atoms with Crippen molar-refractivity contribution >= 4 is 22.6 Å². The molecule has 2 saturated heterocycles. The van der Waals surface area contributed by atoms with E-state index in [1.54, 1.807) is 0 Å². The Balaban J connectivity index is 2.01. The van der Waals surface area contributed by atoms with Crippen LogP contribution in [-0.4, -0.2) is 30.9 Å². The van der Waals surface area contributed by atoms with Crippen LogP contribution in [0.2, 0.25) is 0 Å². The van der Waals surface area contributed by atoms with Crippen molar-refractivity contribution in [3.63, 3.8) is 0 Å². The average Bonchev–Trinajstić information content (AvgIpc) is 2.31. The summed E-state index contributed by atoms with van der Waals surface area (Å²) in [5.41, 5.74) is 0.572. The predicted molar refractivity (Wildman–Crippen MR) is 64.9 cm³/mol. The molecule has 0 aliphatic carbocycles. The van der Waals surface area contributed by atoms with Crippen LogP contribution in [0.1, 0.15) is 25.7 Å². The van der Waals surface area contributed by atoms with Gasteiger partial charge in [0.1, 0.15) is 0 Å². The SMILES string of the molecule is ICC1(C2CCOCC2)CCOCC1. The summed E-state index contributed by atoms with van der Waals surface area (Å²) in [6, 6.07) is 0. The van der Waals surface area contributed by atoms with E-state index in [1.165, 1.54) is 30.1 Å². The highest BCUT2D eigenvalue weighted by Gasteiger charge is 2.39.